The minimum absolute atomic E-state index is 0.152. The third kappa shape index (κ3) is 3.57. The number of hydrogen-bond acceptors (Lipinski definition) is 5. The maximum Gasteiger partial charge on any atom is 0.273 e. The van der Waals surface area contributed by atoms with E-state index in [1.54, 1.807) is 19.2 Å². The van der Waals surface area contributed by atoms with Crippen molar-refractivity contribution in [2.24, 2.45) is 0 Å². The van der Waals surface area contributed by atoms with Crippen LogP contribution in [-0.2, 0) is 6.42 Å². The van der Waals surface area contributed by atoms with E-state index in [4.69, 9.17) is 9.47 Å². The van der Waals surface area contributed by atoms with E-state index in [9.17, 15) is 19.2 Å². The van der Waals surface area contributed by atoms with Crippen LogP contribution in [0.3, 0.4) is 0 Å². The van der Waals surface area contributed by atoms with E-state index in [1.165, 1.54) is 35.9 Å². The maximum atomic E-state index is 13.9. The second-order valence-corrected chi connectivity index (χ2v) is 7.29. The number of nitriles is 1. The Kier molecular flexibility index (Phi) is 5.30. The Bertz CT molecular complexity index is 1290. The zero-order valence-corrected chi connectivity index (χ0v) is 17.0. The molecule has 0 aliphatic heterocycles. The fourth-order valence-corrected chi connectivity index (χ4v) is 4.05. The molecule has 0 bridgehead atoms. The van der Waals surface area contributed by atoms with Crippen molar-refractivity contribution < 1.29 is 18.7 Å². The van der Waals surface area contributed by atoms with Gasteiger partial charge < -0.3 is 9.47 Å². The lowest BCUT2D eigenvalue weighted by Gasteiger charge is -2.27. The predicted octanol–water partition coefficient (Wildman–Crippen LogP) is 3.78. The van der Waals surface area contributed by atoms with Gasteiger partial charge in [0.25, 0.3) is 5.56 Å². The van der Waals surface area contributed by atoms with Gasteiger partial charge in [-0.3, -0.25) is 14.2 Å². The number of benzene rings is 2. The van der Waals surface area contributed by atoms with Crippen molar-refractivity contribution in [3.63, 3.8) is 0 Å². The summed E-state index contributed by atoms with van der Waals surface area (Å²) in [5.74, 6) is 0.207. The van der Waals surface area contributed by atoms with Gasteiger partial charge in [0.15, 0.2) is 17.3 Å². The number of ether oxygens (including phenoxy) is 2. The van der Waals surface area contributed by atoms with Gasteiger partial charge in [0.2, 0.25) is 0 Å². The van der Waals surface area contributed by atoms with Crippen LogP contribution in [0.2, 0.25) is 0 Å². The van der Waals surface area contributed by atoms with E-state index in [-0.39, 0.29) is 29.4 Å². The molecule has 3 aromatic rings. The van der Waals surface area contributed by atoms with Crippen LogP contribution in [0.4, 0.5) is 4.39 Å². The van der Waals surface area contributed by atoms with Gasteiger partial charge in [0.05, 0.1) is 19.9 Å². The highest BCUT2D eigenvalue weighted by atomic mass is 19.1. The van der Waals surface area contributed by atoms with Gasteiger partial charge in [0.1, 0.15) is 17.4 Å². The van der Waals surface area contributed by atoms with E-state index in [0.29, 0.717) is 29.2 Å². The summed E-state index contributed by atoms with van der Waals surface area (Å²) in [6, 6.07) is 14.2. The normalized spacial score (nSPS) is 15.2. The first kappa shape index (κ1) is 20.4. The number of halogens is 1. The number of ketones is 1. The number of rotatable bonds is 4. The molecule has 1 atom stereocenters. The maximum absolute atomic E-state index is 13.9. The minimum atomic E-state index is -0.576. The van der Waals surface area contributed by atoms with Crippen LogP contribution < -0.4 is 15.0 Å². The summed E-state index contributed by atoms with van der Waals surface area (Å²) >= 11 is 0. The first-order chi connectivity index (χ1) is 15.0. The highest BCUT2D eigenvalue weighted by Gasteiger charge is 2.31. The summed E-state index contributed by atoms with van der Waals surface area (Å²) in [4.78, 5) is 26.0. The molecule has 1 aliphatic carbocycles. The van der Waals surface area contributed by atoms with Crippen LogP contribution in [0.25, 0.3) is 5.69 Å². The van der Waals surface area contributed by atoms with Gasteiger partial charge in [0, 0.05) is 17.7 Å². The second-order valence-electron chi connectivity index (χ2n) is 7.29. The van der Waals surface area contributed by atoms with E-state index >= 15 is 0 Å². The molecule has 0 saturated carbocycles. The molecule has 156 valence electrons. The van der Waals surface area contributed by atoms with Crippen molar-refractivity contribution in [2.45, 2.75) is 18.8 Å². The molecular formula is C24H19FN2O4. The number of hydrogen-bond donors (Lipinski definition) is 0. The average Bonchev–Trinajstić information content (AvgIpc) is 2.78. The number of Topliss-reactive ketones (excluding diaryl/α,β-unsaturated/α-hetero) is 1. The lowest BCUT2D eigenvalue weighted by atomic mass is 9.81. The molecule has 0 N–H and O–H groups in total. The van der Waals surface area contributed by atoms with Crippen molar-refractivity contribution in [1.29, 1.82) is 5.26 Å². The molecule has 0 fully saturated rings. The summed E-state index contributed by atoms with van der Waals surface area (Å²) in [5.41, 5.74) is 1.19. The van der Waals surface area contributed by atoms with Crippen LogP contribution in [-0.4, -0.2) is 24.6 Å². The first-order valence-corrected chi connectivity index (χ1v) is 9.67. The van der Waals surface area contributed by atoms with Crippen molar-refractivity contribution in [3.8, 4) is 23.3 Å². The fourth-order valence-electron chi connectivity index (χ4n) is 4.05. The molecule has 0 saturated heterocycles. The SMILES string of the molecule is COc1ccc([C@H]2CC(=O)c3cc(C#N)c(=O)n(-c4cccc(F)c4)c3C2)cc1OC. The van der Waals surface area contributed by atoms with Crippen molar-refractivity contribution >= 4 is 5.78 Å². The second kappa shape index (κ2) is 8.07. The van der Waals surface area contributed by atoms with Gasteiger partial charge in [-0.2, -0.15) is 5.26 Å². The number of pyridine rings is 1. The van der Waals surface area contributed by atoms with E-state index < -0.39 is 11.4 Å². The third-order valence-corrected chi connectivity index (χ3v) is 5.54. The van der Waals surface area contributed by atoms with Crippen LogP contribution in [0.1, 0.15) is 39.5 Å². The topological polar surface area (TPSA) is 81.3 Å². The summed E-state index contributed by atoms with van der Waals surface area (Å²) in [7, 11) is 3.08. The van der Waals surface area contributed by atoms with Crippen LogP contribution >= 0.6 is 0 Å². The van der Waals surface area contributed by atoms with Crippen molar-refractivity contribution in [1.82, 2.24) is 4.57 Å². The zero-order chi connectivity index (χ0) is 22.1. The van der Waals surface area contributed by atoms with Crippen molar-refractivity contribution in [2.75, 3.05) is 14.2 Å². The molecule has 0 radical (unpaired) electrons. The Labute approximate surface area is 178 Å². The summed E-state index contributed by atoms with van der Waals surface area (Å²) < 4.78 is 25.8. The number of carbonyl (C=O) groups excluding carboxylic acids is 1. The van der Waals surface area contributed by atoms with Gasteiger partial charge >= 0.3 is 0 Å². The fraction of sp³-hybridized carbons (Fsp3) is 0.208. The molecule has 1 aliphatic rings. The molecule has 7 heteroatoms. The molecule has 1 aromatic heterocycles. The molecule has 6 nitrogen and oxygen atoms in total. The molecule has 2 aromatic carbocycles. The molecule has 0 spiro atoms. The predicted molar refractivity (Wildman–Crippen MR) is 112 cm³/mol. The quantitative estimate of drug-likeness (QED) is 0.644. The number of nitrogens with zero attached hydrogens (tertiary/aromatic N) is 2. The van der Waals surface area contributed by atoms with Crippen LogP contribution in [0.15, 0.2) is 53.3 Å². The lowest BCUT2D eigenvalue weighted by molar-refractivity contribution is 0.0962. The first-order valence-electron chi connectivity index (χ1n) is 9.67. The van der Waals surface area contributed by atoms with Gasteiger partial charge in [-0.15, -0.1) is 0 Å². The van der Waals surface area contributed by atoms with Crippen molar-refractivity contribution in [3.05, 3.63) is 87.1 Å². The average molecular weight is 418 g/mol. The molecule has 0 amide bonds. The molecule has 31 heavy (non-hydrogen) atoms. The standard InChI is InChI=1S/C24H19FN2O4/c1-30-22-7-6-14(11-23(22)31-2)15-9-20-19(21(28)10-15)8-16(13-26)24(29)27(20)18-5-3-4-17(25)12-18/h3-8,11-12,15H,9-10H2,1-2H3/t15-/m1/s1. The van der Waals surface area contributed by atoms with Crippen LogP contribution in [0, 0.1) is 17.1 Å². The smallest absolute Gasteiger partial charge is 0.273 e. The Morgan fingerprint density at radius 1 is 1.03 bits per heavy atom. The Balaban J connectivity index is 1.89. The largest absolute Gasteiger partial charge is 0.493 e. The molecule has 1 heterocycles. The zero-order valence-electron chi connectivity index (χ0n) is 17.0. The molecule has 4 rings (SSSR count). The number of fused-ring (bicyclic) bond motifs is 1. The highest BCUT2D eigenvalue weighted by molar-refractivity contribution is 5.99. The summed E-state index contributed by atoms with van der Waals surface area (Å²) in [5, 5.41) is 9.39. The number of carbonyl (C=O) groups is 1. The third-order valence-electron chi connectivity index (χ3n) is 5.54. The minimum Gasteiger partial charge on any atom is -0.493 e. The monoisotopic (exact) mass is 418 g/mol. The van der Waals surface area contributed by atoms with E-state index in [0.717, 1.165) is 5.56 Å². The van der Waals surface area contributed by atoms with Gasteiger partial charge in [-0.25, -0.2) is 4.39 Å². The Morgan fingerprint density at radius 3 is 2.48 bits per heavy atom. The van der Waals surface area contributed by atoms with E-state index in [2.05, 4.69) is 0 Å². The summed E-state index contributed by atoms with van der Waals surface area (Å²) in [6.45, 7) is 0. The van der Waals surface area contributed by atoms with Crippen LogP contribution in [0.5, 0.6) is 11.5 Å². The molecule has 0 unspecified atom stereocenters. The number of methoxy groups -OCH3 is 2. The Morgan fingerprint density at radius 2 is 1.81 bits per heavy atom. The number of aromatic nitrogens is 1. The van der Waals surface area contributed by atoms with E-state index in [1.807, 2.05) is 18.2 Å². The molecular weight excluding hydrogens is 399 g/mol. The highest BCUT2D eigenvalue weighted by Crippen LogP contribution is 2.37. The lowest BCUT2D eigenvalue weighted by Crippen LogP contribution is -2.31. The van der Waals surface area contributed by atoms with Gasteiger partial charge in [-0.05, 0) is 54.3 Å². The Hall–Kier alpha value is -3.92. The summed E-state index contributed by atoms with van der Waals surface area (Å²) in [6.07, 6.45) is 0.586. The van der Waals surface area contributed by atoms with Gasteiger partial charge in [-0.1, -0.05) is 12.1 Å².